The second kappa shape index (κ2) is 7.91. The molecule has 0 saturated carbocycles. The van der Waals surface area contributed by atoms with Crippen LogP contribution in [0.2, 0.25) is 0 Å². The van der Waals surface area contributed by atoms with Crippen LogP contribution < -0.4 is 10.1 Å². The number of ether oxygens (including phenoxy) is 1. The molecule has 0 aliphatic carbocycles. The van der Waals surface area contributed by atoms with E-state index < -0.39 is 6.10 Å². The molecule has 0 spiro atoms. The number of nitrogens with zero attached hydrogens (tertiary/aromatic N) is 4. The summed E-state index contributed by atoms with van der Waals surface area (Å²) in [5.74, 6) is 0.577. The number of para-hydroxylation sites is 1. The third kappa shape index (κ3) is 3.85. The normalized spacial score (nSPS) is 15.6. The van der Waals surface area contributed by atoms with Crippen LogP contribution in [-0.4, -0.2) is 39.6 Å². The number of hydrogen-bond donors (Lipinski definition) is 1. The van der Waals surface area contributed by atoms with Crippen molar-refractivity contribution < 1.29 is 14.4 Å². The Balaban J connectivity index is 1.36. The molecule has 3 aromatic rings. The number of carbonyl (C=O) groups excluding carboxylic acids is 1. The van der Waals surface area contributed by atoms with Gasteiger partial charge in [-0.15, -0.1) is 5.10 Å². The topological polar surface area (TPSA) is 90.6 Å². The van der Waals surface area contributed by atoms with Crippen molar-refractivity contribution in [3.05, 3.63) is 72.1 Å². The first kappa shape index (κ1) is 17.7. The predicted molar refractivity (Wildman–Crippen MR) is 103 cm³/mol. The van der Waals surface area contributed by atoms with E-state index in [1.165, 1.54) is 0 Å². The van der Waals surface area contributed by atoms with E-state index in [2.05, 4.69) is 20.6 Å². The van der Waals surface area contributed by atoms with Crippen molar-refractivity contribution in [3.63, 3.8) is 0 Å². The molecule has 8 heteroatoms. The minimum absolute atomic E-state index is 0.232. The van der Waals surface area contributed by atoms with Crippen LogP contribution in [0.3, 0.4) is 0 Å². The van der Waals surface area contributed by atoms with Crippen LogP contribution in [-0.2, 0) is 16.2 Å². The molecule has 4 rings (SSSR count). The second-order valence-corrected chi connectivity index (χ2v) is 6.28. The number of amides is 1. The zero-order valence-corrected chi connectivity index (χ0v) is 15.3. The summed E-state index contributed by atoms with van der Waals surface area (Å²) in [6, 6.07) is 17.4. The van der Waals surface area contributed by atoms with E-state index in [4.69, 9.17) is 9.57 Å². The number of carbonyl (C=O) groups is 1. The number of hydrogen-bond acceptors (Lipinski definition) is 6. The molecule has 1 N–H and O–H groups in total. The van der Waals surface area contributed by atoms with E-state index in [0.717, 1.165) is 11.1 Å². The zero-order chi connectivity index (χ0) is 19.3. The Morgan fingerprint density at radius 1 is 1.21 bits per heavy atom. The Hall–Kier alpha value is -3.68. The first-order valence-electron chi connectivity index (χ1n) is 8.83. The first-order chi connectivity index (χ1) is 13.7. The van der Waals surface area contributed by atoms with Crippen molar-refractivity contribution in [3.8, 4) is 5.75 Å². The zero-order valence-electron chi connectivity index (χ0n) is 15.3. The Kier molecular flexibility index (Phi) is 5.01. The SMILES string of the molecule is COc1ccccc1C1=NOC(C(=O)Nc2ncn(Cc3ccccc3)n2)C1. The van der Waals surface area contributed by atoms with Crippen molar-refractivity contribution in [1.82, 2.24) is 14.8 Å². The van der Waals surface area contributed by atoms with Gasteiger partial charge in [0.2, 0.25) is 12.1 Å². The molecule has 1 aliphatic rings. The summed E-state index contributed by atoms with van der Waals surface area (Å²) in [6.45, 7) is 0.574. The molecule has 28 heavy (non-hydrogen) atoms. The van der Waals surface area contributed by atoms with E-state index in [1.54, 1.807) is 18.1 Å². The summed E-state index contributed by atoms with van der Waals surface area (Å²) in [5, 5.41) is 11.0. The van der Waals surface area contributed by atoms with Gasteiger partial charge in [-0.3, -0.25) is 10.1 Å². The fourth-order valence-electron chi connectivity index (χ4n) is 2.95. The number of rotatable bonds is 6. The summed E-state index contributed by atoms with van der Waals surface area (Å²) in [5.41, 5.74) is 2.57. The predicted octanol–water partition coefficient (Wildman–Crippen LogP) is 2.47. The monoisotopic (exact) mass is 377 g/mol. The highest BCUT2D eigenvalue weighted by Gasteiger charge is 2.30. The number of anilines is 1. The average Bonchev–Trinajstić information content (AvgIpc) is 3.38. The molecule has 1 amide bonds. The molecule has 2 heterocycles. The second-order valence-electron chi connectivity index (χ2n) is 6.28. The van der Waals surface area contributed by atoms with Gasteiger partial charge < -0.3 is 9.57 Å². The molecule has 8 nitrogen and oxygen atoms in total. The molecular formula is C20H19N5O3. The van der Waals surface area contributed by atoms with Gasteiger partial charge in [-0.1, -0.05) is 47.6 Å². The lowest BCUT2D eigenvalue weighted by molar-refractivity contribution is -0.125. The average molecular weight is 377 g/mol. The summed E-state index contributed by atoms with van der Waals surface area (Å²) in [4.78, 5) is 21.9. The largest absolute Gasteiger partial charge is 0.496 e. The van der Waals surface area contributed by atoms with Crippen LogP contribution >= 0.6 is 0 Å². The van der Waals surface area contributed by atoms with Gasteiger partial charge >= 0.3 is 0 Å². The molecule has 1 atom stereocenters. The van der Waals surface area contributed by atoms with Crippen LogP contribution in [0.1, 0.15) is 17.5 Å². The molecule has 142 valence electrons. The van der Waals surface area contributed by atoms with E-state index in [0.29, 0.717) is 24.4 Å². The number of oxime groups is 1. The third-order valence-electron chi connectivity index (χ3n) is 4.34. The van der Waals surface area contributed by atoms with Gasteiger partial charge in [-0.05, 0) is 17.7 Å². The van der Waals surface area contributed by atoms with Crippen molar-refractivity contribution in [2.75, 3.05) is 12.4 Å². The van der Waals surface area contributed by atoms with Crippen molar-refractivity contribution in [2.24, 2.45) is 5.16 Å². The maximum absolute atomic E-state index is 12.5. The Morgan fingerprint density at radius 3 is 2.82 bits per heavy atom. The van der Waals surface area contributed by atoms with E-state index in [-0.39, 0.29) is 11.9 Å². The molecule has 1 aliphatic heterocycles. The lowest BCUT2D eigenvalue weighted by Crippen LogP contribution is -2.28. The van der Waals surface area contributed by atoms with E-state index in [1.807, 2.05) is 54.6 Å². The molecule has 0 radical (unpaired) electrons. The van der Waals surface area contributed by atoms with Gasteiger partial charge in [0.1, 0.15) is 12.1 Å². The molecule has 1 aromatic heterocycles. The maximum atomic E-state index is 12.5. The molecule has 0 saturated heterocycles. The molecule has 0 fully saturated rings. The van der Waals surface area contributed by atoms with Gasteiger partial charge in [0.15, 0.2) is 0 Å². The summed E-state index contributed by atoms with van der Waals surface area (Å²) in [7, 11) is 1.59. The Bertz CT molecular complexity index is 1000. The van der Waals surface area contributed by atoms with Crippen molar-refractivity contribution >= 4 is 17.6 Å². The molecular weight excluding hydrogens is 358 g/mol. The standard InChI is InChI=1S/C20H19N5O3/c1-27-17-10-6-5-9-15(17)16-11-18(28-24-16)19(26)22-20-21-13-25(23-20)12-14-7-3-2-4-8-14/h2-10,13,18H,11-12H2,1H3,(H,22,23,26). The van der Waals surface area contributed by atoms with Crippen LogP contribution in [0.5, 0.6) is 5.75 Å². The van der Waals surface area contributed by atoms with Gasteiger partial charge in [0, 0.05) is 12.0 Å². The van der Waals surface area contributed by atoms with Crippen LogP contribution in [0.15, 0.2) is 66.1 Å². The molecule has 1 unspecified atom stereocenters. The first-order valence-corrected chi connectivity index (χ1v) is 8.83. The van der Waals surface area contributed by atoms with E-state index in [9.17, 15) is 4.79 Å². The highest BCUT2D eigenvalue weighted by Crippen LogP contribution is 2.24. The Morgan fingerprint density at radius 2 is 2.00 bits per heavy atom. The number of methoxy groups -OCH3 is 1. The van der Waals surface area contributed by atoms with Gasteiger partial charge in [0.25, 0.3) is 5.91 Å². The summed E-state index contributed by atoms with van der Waals surface area (Å²) < 4.78 is 7.00. The fourth-order valence-corrected chi connectivity index (χ4v) is 2.95. The lowest BCUT2D eigenvalue weighted by atomic mass is 10.0. The van der Waals surface area contributed by atoms with Gasteiger partial charge in [-0.25, -0.2) is 9.67 Å². The van der Waals surface area contributed by atoms with Crippen molar-refractivity contribution in [1.29, 1.82) is 0 Å². The minimum Gasteiger partial charge on any atom is -0.496 e. The highest BCUT2D eigenvalue weighted by atomic mass is 16.6. The van der Waals surface area contributed by atoms with Crippen molar-refractivity contribution in [2.45, 2.75) is 19.1 Å². The number of benzene rings is 2. The van der Waals surface area contributed by atoms with Gasteiger partial charge in [-0.2, -0.15) is 0 Å². The number of nitrogens with one attached hydrogen (secondary N) is 1. The van der Waals surface area contributed by atoms with E-state index >= 15 is 0 Å². The quantitative estimate of drug-likeness (QED) is 0.713. The number of aromatic nitrogens is 3. The highest BCUT2D eigenvalue weighted by molar-refractivity contribution is 6.07. The van der Waals surface area contributed by atoms with Gasteiger partial charge in [0.05, 0.1) is 19.4 Å². The molecule has 2 aromatic carbocycles. The third-order valence-corrected chi connectivity index (χ3v) is 4.34. The van der Waals surface area contributed by atoms with Crippen LogP contribution in [0.4, 0.5) is 5.95 Å². The smallest absolute Gasteiger partial charge is 0.271 e. The Labute approximate surface area is 161 Å². The maximum Gasteiger partial charge on any atom is 0.271 e. The van der Waals surface area contributed by atoms with Crippen LogP contribution in [0, 0.1) is 0 Å². The van der Waals surface area contributed by atoms with Crippen LogP contribution in [0.25, 0.3) is 0 Å². The fraction of sp³-hybridized carbons (Fsp3) is 0.200. The minimum atomic E-state index is -0.735. The summed E-state index contributed by atoms with van der Waals surface area (Å²) in [6.07, 6.45) is 1.19. The lowest BCUT2D eigenvalue weighted by Gasteiger charge is -2.08. The molecule has 0 bridgehead atoms. The summed E-state index contributed by atoms with van der Waals surface area (Å²) >= 11 is 0.